The number of halogens is 2. The van der Waals surface area contributed by atoms with Crippen molar-refractivity contribution in [3.63, 3.8) is 0 Å². The molecule has 0 bridgehead atoms. The molecule has 2 atom stereocenters. The number of Topliss-reactive ketones (excluding diaryl/α,β-unsaturated/α-hetero) is 1. The number of carbonyl (C=O) groups is 2. The number of rotatable bonds is 6. The number of hydrogen-bond acceptors (Lipinski definition) is 6. The van der Waals surface area contributed by atoms with Crippen molar-refractivity contribution in [2.24, 2.45) is 0 Å². The van der Waals surface area contributed by atoms with E-state index in [1.807, 2.05) is 13.8 Å². The smallest absolute Gasteiger partial charge is 0.338 e. The maximum absolute atomic E-state index is 12.9. The quantitative estimate of drug-likeness (QED) is 0.456. The lowest BCUT2D eigenvalue weighted by atomic mass is 10.1. The summed E-state index contributed by atoms with van der Waals surface area (Å²) in [5, 5.41) is 0.533. The second-order valence-corrected chi connectivity index (χ2v) is 9.98. The predicted octanol–water partition coefficient (Wildman–Crippen LogP) is 3.83. The van der Waals surface area contributed by atoms with Crippen molar-refractivity contribution in [3.8, 4) is 0 Å². The van der Waals surface area contributed by atoms with Crippen molar-refractivity contribution in [2.45, 2.75) is 31.0 Å². The molecule has 2 unspecified atom stereocenters. The average molecular weight is 486 g/mol. The Morgan fingerprint density at radius 3 is 2.16 bits per heavy atom. The second kappa shape index (κ2) is 9.67. The van der Waals surface area contributed by atoms with Crippen LogP contribution in [0.5, 0.6) is 0 Å². The van der Waals surface area contributed by atoms with Gasteiger partial charge in [-0.1, -0.05) is 23.2 Å². The molecule has 1 heterocycles. The van der Waals surface area contributed by atoms with E-state index in [9.17, 15) is 18.0 Å². The summed E-state index contributed by atoms with van der Waals surface area (Å²) < 4.78 is 37.7. The molecular formula is C21H21Cl2NO6S. The van der Waals surface area contributed by atoms with E-state index in [2.05, 4.69) is 0 Å². The number of benzene rings is 2. The minimum Gasteiger partial charge on any atom is -0.454 e. The van der Waals surface area contributed by atoms with Gasteiger partial charge in [0, 0.05) is 18.7 Å². The zero-order chi connectivity index (χ0) is 22.8. The molecule has 31 heavy (non-hydrogen) atoms. The molecule has 0 aromatic heterocycles. The standard InChI is InChI=1S/C21H21Cl2NO6S/c1-13-10-24(11-14(2)30-13)31(27,28)17-6-3-15(4-7-17)21(26)29-12-20(25)16-5-8-18(22)19(23)9-16/h3-9,13-14H,10-12H2,1-2H3. The average Bonchev–Trinajstić information content (AvgIpc) is 2.73. The predicted molar refractivity (Wildman–Crippen MR) is 116 cm³/mol. The van der Waals surface area contributed by atoms with E-state index < -0.39 is 28.4 Å². The van der Waals surface area contributed by atoms with Gasteiger partial charge in [0.25, 0.3) is 0 Å². The molecule has 10 heteroatoms. The van der Waals surface area contributed by atoms with Gasteiger partial charge in [0.15, 0.2) is 12.4 Å². The Hall–Kier alpha value is -1.97. The molecule has 0 amide bonds. The normalized spacial score (nSPS) is 19.7. The van der Waals surface area contributed by atoms with E-state index in [1.54, 1.807) is 0 Å². The molecule has 7 nitrogen and oxygen atoms in total. The number of sulfonamides is 1. The van der Waals surface area contributed by atoms with Crippen LogP contribution in [0.1, 0.15) is 34.6 Å². The number of carbonyl (C=O) groups excluding carboxylic acids is 2. The van der Waals surface area contributed by atoms with Crippen molar-refractivity contribution in [1.82, 2.24) is 4.31 Å². The van der Waals surface area contributed by atoms with Gasteiger partial charge < -0.3 is 9.47 Å². The number of esters is 1. The Bertz CT molecular complexity index is 1080. The van der Waals surface area contributed by atoms with Gasteiger partial charge >= 0.3 is 5.97 Å². The van der Waals surface area contributed by atoms with Gasteiger partial charge in [0.2, 0.25) is 10.0 Å². The number of nitrogens with zero attached hydrogens (tertiary/aromatic N) is 1. The van der Waals surface area contributed by atoms with Crippen molar-refractivity contribution in [1.29, 1.82) is 0 Å². The van der Waals surface area contributed by atoms with Gasteiger partial charge in [-0.15, -0.1) is 0 Å². The first-order chi connectivity index (χ1) is 14.6. The summed E-state index contributed by atoms with van der Waals surface area (Å²) in [5.41, 5.74) is 0.391. The minimum absolute atomic E-state index is 0.0669. The summed E-state index contributed by atoms with van der Waals surface area (Å²) >= 11 is 11.7. The van der Waals surface area contributed by atoms with Crippen LogP contribution in [0.25, 0.3) is 0 Å². The molecule has 1 saturated heterocycles. The second-order valence-electron chi connectivity index (χ2n) is 7.23. The number of ether oxygens (including phenoxy) is 2. The molecule has 3 rings (SSSR count). The van der Waals surface area contributed by atoms with E-state index in [0.717, 1.165) is 0 Å². The van der Waals surface area contributed by atoms with Crippen LogP contribution in [-0.2, 0) is 19.5 Å². The van der Waals surface area contributed by atoms with Crippen LogP contribution < -0.4 is 0 Å². The van der Waals surface area contributed by atoms with Crippen molar-refractivity contribution in [2.75, 3.05) is 19.7 Å². The monoisotopic (exact) mass is 485 g/mol. The fraction of sp³-hybridized carbons (Fsp3) is 0.333. The van der Waals surface area contributed by atoms with Crippen LogP contribution in [0.15, 0.2) is 47.4 Å². The molecule has 2 aromatic rings. The Kier molecular flexibility index (Phi) is 7.39. The highest BCUT2D eigenvalue weighted by Crippen LogP contribution is 2.23. The minimum atomic E-state index is -3.72. The summed E-state index contributed by atoms with van der Waals surface area (Å²) in [6.45, 7) is 3.66. The molecule has 0 saturated carbocycles. The first kappa shape index (κ1) is 23.7. The Labute approximate surface area is 190 Å². The summed E-state index contributed by atoms with van der Waals surface area (Å²) in [6.07, 6.45) is -0.415. The van der Waals surface area contributed by atoms with E-state index in [4.69, 9.17) is 32.7 Å². The van der Waals surface area contributed by atoms with Gasteiger partial charge in [-0.05, 0) is 56.3 Å². The molecule has 2 aromatic carbocycles. The van der Waals surface area contributed by atoms with Gasteiger partial charge in [0.1, 0.15) is 0 Å². The zero-order valence-corrected chi connectivity index (χ0v) is 19.2. The van der Waals surface area contributed by atoms with Crippen LogP contribution >= 0.6 is 23.2 Å². The van der Waals surface area contributed by atoms with E-state index in [1.165, 1.54) is 46.8 Å². The van der Waals surface area contributed by atoms with Crippen LogP contribution in [0.4, 0.5) is 0 Å². The van der Waals surface area contributed by atoms with Crippen molar-refractivity contribution >= 4 is 45.0 Å². The molecular weight excluding hydrogens is 465 g/mol. The van der Waals surface area contributed by atoms with Crippen molar-refractivity contribution in [3.05, 3.63) is 63.6 Å². The maximum Gasteiger partial charge on any atom is 0.338 e. The largest absolute Gasteiger partial charge is 0.454 e. The third-order valence-corrected chi connectivity index (χ3v) is 7.27. The third-order valence-electron chi connectivity index (χ3n) is 4.69. The molecule has 0 N–H and O–H groups in total. The fourth-order valence-electron chi connectivity index (χ4n) is 3.21. The summed E-state index contributed by atoms with van der Waals surface area (Å²) in [6, 6.07) is 9.76. The highest BCUT2D eigenvalue weighted by Gasteiger charge is 2.32. The molecule has 166 valence electrons. The van der Waals surface area contributed by atoms with E-state index in [0.29, 0.717) is 5.02 Å². The van der Waals surface area contributed by atoms with Gasteiger partial charge in [-0.3, -0.25) is 4.79 Å². The molecule has 0 aliphatic carbocycles. The Morgan fingerprint density at radius 1 is 1.00 bits per heavy atom. The van der Waals surface area contributed by atoms with Gasteiger partial charge in [-0.25, -0.2) is 13.2 Å². The molecule has 0 radical (unpaired) electrons. The van der Waals surface area contributed by atoms with E-state index in [-0.39, 0.29) is 46.3 Å². The lowest BCUT2D eigenvalue weighted by Crippen LogP contribution is -2.48. The Morgan fingerprint density at radius 2 is 1.58 bits per heavy atom. The molecule has 1 fully saturated rings. The number of ketones is 1. The van der Waals surface area contributed by atoms with Gasteiger partial charge in [-0.2, -0.15) is 4.31 Å². The first-order valence-electron chi connectivity index (χ1n) is 9.49. The van der Waals surface area contributed by atoms with Gasteiger partial charge in [0.05, 0.1) is 32.7 Å². The van der Waals surface area contributed by atoms with Crippen LogP contribution in [0.2, 0.25) is 10.0 Å². The third kappa shape index (κ3) is 5.64. The van der Waals surface area contributed by atoms with Crippen LogP contribution in [0, 0.1) is 0 Å². The van der Waals surface area contributed by atoms with Crippen LogP contribution in [0.3, 0.4) is 0 Å². The number of hydrogen-bond donors (Lipinski definition) is 0. The lowest BCUT2D eigenvalue weighted by Gasteiger charge is -2.34. The zero-order valence-electron chi connectivity index (χ0n) is 16.9. The summed E-state index contributed by atoms with van der Waals surface area (Å²) in [4.78, 5) is 24.5. The summed E-state index contributed by atoms with van der Waals surface area (Å²) in [5.74, 6) is -1.19. The fourth-order valence-corrected chi connectivity index (χ4v) is 5.09. The molecule has 0 spiro atoms. The van der Waals surface area contributed by atoms with Crippen LogP contribution in [-0.4, -0.2) is 56.4 Å². The Balaban J connectivity index is 1.64. The lowest BCUT2D eigenvalue weighted by molar-refractivity contribution is -0.0440. The first-order valence-corrected chi connectivity index (χ1v) is 11.7. The summed E-state index contributed by atoms with van der Waals surface area (Å²) in [7, 11) is -3.72. The SMILES string of the molecule is CC1CN(S(=O)(=O)c2ccc(C(=O)OCC(=O)c3ccc(Cl)c(Cl)c3)cc2)CC(C)O1. The highest BCUT2D eigenvalue weighted by atomic mass is 35.5. The molecule has 1 aliphatic rings. The van der Waals surface area contributed by atoms with E-state index >= 15 is 0 Å². The highest BCUT2D eigenvalue weighted by molar-refractivity contribution is 7.89. The molecule has 1 aliphatic heterocycles. The maximum atomic E-state index is 12.9. The number of morpholine rings is 1. The van der Waals surface area contributed by atoms with Crippen molar-refractivity contribution < 1.29 is 27.5 Å². The topological polar surface area (TPSA) is 90.0 Å².